The van der Waals surface area contributed by atoms with Crippen LogP contribution in [0.4, 0.5) is 5.82 Å². The predicted molar refractivity (Wildman–Crippen MR) is 107 cm³/mol. The number of nitrogens with zero attached hydrogens (tertiary/aromatic N) is 5. The first-order valence-electron chi connectivity index (χ1n) is 9.14. The van der Waals surface area contributed by atoms with Crippen LogP contribution < -0.4 is 10.9 Å². The molecule has 0 saturated carbocycles. The van der Waals surface area contributed by atoms with Crippen LogP contribution in [0.15, 0.2) is 34.1 Å². The molecule has 0 unspecified atom stereocenters. The second-order valence-electron chi connectivity index (χ2n) is 6.27. The van der Waals surface area contributed by atoms with E-state index in [0.29, 0.717) is 31.1 Å². The van der Waals surface area contributed by atoms with E-state index in [4.69, 9.17) is 5.26 Å². The first-order chi connectivity index (χ1) is 13.7. The summed E-state index contributed by atoms with van der Waals surface area (Å²) < 4.78 is 29.1. The van der Waals surface area contributed by atoms with Gasteiger partial charge in [0.05, 0.1) is 29.6 Å². The number of nitriles is 1. The van der Waals surface area contributed by atoms with Crippen molar-refractivity contribution in [2.45, 2.75) is 45.2 Å². The van der Waals surface area contributed by atoms with Crippen molar-refractivity contribution in [3.05, 3.63) is 40.4 Å². The van der Waals surface area contributed by atoms with Crippen LogP contribution in [0.5, 0.6) is 0 Å². The average molecular weight is 420 g/mol. The van der Waals surface area contributed by atoms with Crippen LogP contribution in [-0.4, -0.2) is 46.1 Å². The number of hydrogen-bond acceptors (Lipinski definition) is 6. The fourth-order valence-corrected chi connectivity index (χ4v) is 4.29. The molecule has 2 heterocycles. The molecule has 1 amide bonds. The SMILES string of the molecule is CCN(CC)S(=O)(=O)c1ccc(=O)n(CC(=O)Nc2cc(C)nn2CCC#N)c1. The Labute approximate surface area is 169 Å². The van der Waals surface area contributed by atoms with Crippen molar-refractivity contribution in [2.24, 2.45) is 0 Å². The van der Waals surface area contributed by atoms with Crippen LogP contribution in [0.3, 0.4) is 0 Å². The largest absolute Gasteiger partial charge is 0.309 e. The standard InChI is InChI=1S/C18H24N6O4S/c1-4-23(5-2)29(27,28)15-7-8-18(26)22(12-15)13-17(25)20-16-11-14(3)21-24(16)10-6-9-19/h7-8,11-12H,4-6,10,13H2,1-3H3,(H,20,25). The van der Waals surface area contributed by atoms with Gasteiger partial charge in [0.25, 0.3) is 5.56 Å². The van der Waals surface area contributed by atoms with Gasteiger partial charge in [-0.05, 0) is 13.0 Å². The van der Waals surface area contributed by atoms with Gasteiger partial charge in [-0.15, -0.1) is 0 Å². The lowest BCUT2D eigenvalue weighted by atomic mass is 10.4. The van der Waals surface area contributed by atoms with Gasteiger partial charge < -0.3 is 9.88 Å². The number of anilines is 1. The lowest BCUT2D eigenvalue weighted by molar-refractivity contribution is -0.116. The van der Waals surface area contributed by atoms with Gasteiger partial charge in [0, 0.05) is 31.4 Å². The third-order valence-electron chi connectivity index (χ3n) is 4.22. The molecule has 0 aromatic carbocycles. The minimum atomic E-state index is -3.75. The van der Waals surface area contributed by atoms with Crippen LogP contribution in [0.1, 0.15) is 26.0 Å². The molecule has 29 heavy (non-hydrogen) atoms. The zero-order chi connectivity index (χ0) is 21.6. The van der Waals surface area contributed by atoms with E-state index in [1.165, 1.54) is 21.3 Å². The number of amides is 1. The maximum absolute atomic E-state index is 12.7. The van der Waals surface area contributed by atoms with Crippen molar-refractivity contribution in [2.75, 3.05) is 18.4 Å². The molecule has 0 atom stereocenters. The van der Waals surface area contributed by atoms with Gasteiger partial charge >= 0.3 is 0 Å². The van der Waals surface area contributed by atoms with Crippen molar-refractivity contribution < 1.29 is 13.2 Å². The van der Waals surface area contributed by atoms with Gasteiger partial charge in [0.1, 0.15) is 12.4 Å². The molecule has 11 heteroatoms. The highest BCUT2D eigenvalue weighted by molar-refractivity contribution is 7.89. The Morgan fingerprint density at radius 1 is 1.31 bits per heavy atom. The fraction of sp³-hybridized carbons (Fsp3) is 0.444. The fourth-order valence-electron chi connectivity index (χ4n) is 2.81. The molecule has 0 saturated heterocycles. The minimum Gasteiger partial charge on any atom is -0.309 e. The quantitative estimate of drug-likeness (QED) is 0.642. The van der Waals surface area contributed by atoms with Crippen LogP contribution in [0.25, 0.3) is 0 Å². The van der Waals surface area contributed by atoms with E-state index in [-0.39, 0.29) is 17.9 Å². The molecule has 0 fully saturated rings. The smallest absolute Gasteiger partial charge is 0.251 e. The van der Waals surface area contributed by atoms with E-state index in [0.717, 1.165) is 10.6 Å². The molecule has 0 aliphatic heterocycles. The molecular weight excluding hydrogens is 396 g/mol. The topological polar surface area (TPSA) is 130 Å². The minimum absolute atomic E-state index is 0.0523. The zero-order valence-corrected chi connectivity index (χ0v) is 17.4. The van der Waals surface area contributed by atoms with Gasteiger partial charge in [0.2, 0.25) is 15.9 Å². The van der Waals surface area contributed by atoms with Crippen LogP contribution in [-0.2, 0) is 27.9 Å². The van der Waals surface area contributed by atoms with Crippen molar-refractivity contribution >= 4 is 21.7 Å². The van der Waals surface area contributed by atoms with E-state index in [1.54, 1.807) is 26.8 Å². The monoisotopic (exact) mass is 420 g/mol. The van der Waals surface area contributed by atoms with Crippen LogP contribution >= 0.6 is 0 Å². The molecule has 10 nitrogen and oxygen atoms in total. The summed E-state index contributed by atoms with van der Waals surface area (Å²) in [6.45, 7) is 5.75. The third-order valence-corrected chi connectivity index (χ3v) is 6.25. The summed E-state index contributed by atoms with van der Waals surface area (Å²) in [7, 11) is -3.75. The number of aryl methyl sites for hydroxylation is 2. The summed E-state index contributed by atoms with van der Waals surface area (Å²) >= 11 is 0. The number of nitrogens with one attached hydrogen (secondary N) is 1. The molecule has 0 bridgehead atoms. The lowest BCUT2D eigenvalue weighted by Gasteiger charge is -2.19. The van der Waals surface area contributed by atoms with Gasteiger partial charge in [-0.25, -0.2) is 13.1 Å². The highest BCUT2D eigenvalue weighted by atomic mass is 32.2. The lowest BCUT2D eigenvalue weighted by Crippen LogP contribution is -2.33. The Kier molecular flexibility index (Phi) is 7.30. The number of pyridine rings is 1. The van der Waals surface area contributed by atoms with Crippen molar-refractivity contribution in [3.63, 3.8) is 0 Å². The maximum atomic E-state index is 12.7. The summed E-state index contributed by atoms with van der Waals surface area (Å²) in [5.74, 6) is -0.106. The normalized spacial score (nSPS) is 11.4. The van der Waals surface area contributed by atoms with Crippen LogP contribution in [0.2, 0.25) is 0 Å². The molecule has 0 aliphatic rings. The van der Waals surface area contributed by atoms with E-state index in [2.05, 4.69) is 10.4 Å². The number of carbonyl (C=O) groups excluding carboxylic acids is 1. The molecule has 2 aromatic heterocycles. The Morgan fingerprint density at radius 3 is 2.62 bits per heavy atom. The third kappa shape index (κ3) is 5.30. The summed E-state index contributed by atoms with van der Waals surface area (Å²) in [5.41, 5.74) is 0.176. The summed E-state index contributed by atoms with van der Waals surface area (Å²) in [6.07, 6.45) is 1.41. The number of carbonyl (C=O) groups is 1. The highest BCUT2D eigenvalue weighted by Gasteiger charge is 2.22. The van der Waals surface area contributed by atoms with Crippen LogP contribution in [0, 0.1) is 18.3 Å². The summed E-state index contributed by atoms with van der Waals surface area (Å²) in [6, 6.07) is 6.04. The number of sulfonamides is 1. The maximum Gasteiger partial charge on any atom is 0.251 e. The van der Waals surface area contributed by atoms with Gasteiger partial charge in [-0.1, -0.05) is 13.8 Å². The van der Waals surface area contributed by atoms with Gasteiger partial charge in [-0.3, -0.25) is 9.59 Å². The second-order valence-corrected chi connectivity index (χ2v) is 8.21. The Bertz CT molecular complexity index is 1080. The molecular formula is C18H24N6O4S. The molecule has 2 rings (SSSR count). The van der Waals surface area contributed by atoms with Gasteiger partial charge in [0.15, 0.2) is 0 Å². The summed E-state index contributed by atoms with van der Waals surface area (Å²) in [4.78, 5) is 24.5. The molecule has 0 spiro atoms. The molecule has 2 aromatic rings. The summed E-state index contributed by atoms with van der Waals surface area (Å²) in [5, 5.41) is 15.6. The molecule has 0 aliphatic carbocycles. The average Bonchev–Trinajstić information content (AvgIpc) is 3.01. The Balaban J connectivity index is 2.24. The Morgan fingerprint density at radius 2 is 2.00 bits per heavy atom. The predicted octanol–water partition coefficient (Wildman–Crippen LogP) is 0.936. The van der Waals surface area contributed by atoms with Crippen molar-refractivity contribution in [3.8, 4) is 6.07 Å². The van der Waals surface area contributed by atoms with Crippen molar-refractivity contribution in [1.29, 1.82) is 5.26 Å². The molecule has 1 N–H and O–H groups in total. The first kappa shape index (κ1) is 22.3. The van der Waals surface area contributed by atoms with E-state index in [9.17, 15) is 18.0 Å². The highest BCUT2D eigenvalue weighted by Crippen LogP contribution is 2.14. The van der Waals surface area contributed by atoms with E-state index < -0.39 is 21.5 Å². The Hall–Kier alpha value is -2.97. The zero-order valence-electron chi connectivity index (χ0n) is 16.6. The van der Waals surface area contributed by atoms with Crippen molar-refractivity contribution in [1.82, 2.24) is 18.7 Å². The second kappa shape index (κ2) is 9.49. The first-order valence-corrected chi connectivity index (χ1v) is 10.6. The molecule has 156 valence electrons. The van der Waals surface area contributed by atoms with Gasteiger partial charge in [-0.2, -0.15) is 14.7 Å². The number of aromatic nitrogens is 3. The molecule has 0 radical (unpaired) electrons. The van der Waals surface area contributed by atoms with E-state index in [1.807, 2.05) is 6.07 Å². The number of hydrogen-bond donors (Lipinski definition) is 1. The number of rotatable bonds is 9. The van der Waals surface area contributed by atoms with E-state index >= 15 is 0 Å².